The van der Waals surface area contributed by atoms with Crippen LogP contribution in [0.15, 0.2) is 29.4 Å². The van der Waals surface area contributed by atoms with E-state index in [2.05, 4.69) is 10.1 Å². The molecule has 5 nitrogen and oxygen atoms in total. The van der Waals surface area contributed by atoms with Crippen molar-refractivity contribution in [3.63, 3.8) is 0 Å². The number of hydrogen-bond acceptors (Lipinski definition) is 4. The van der Waals surface area contributed by atoms with Crippen molar-refractivity contribution in [2.75, 3.05) is 0 Å². The number of ether oxygens (including phenoxy) is 1. The highest BCUT2D eigenvalue weighted by Gasteiger charge is 2.64. The van der Waals surface area contributed by atoms with Gasteiger partial charge < -0.3 is 10.5 Å². The quantitative estimate of drug-likeness (QED) is 0.698. The number of halogens is 6. The molecule has 1 aromatic carbocycles. The van der Waals surface area contributed by atoms with Crippen LogP contribution in [-0.4, -0.2) is 28.3 Å². The first-order chi connectivity index (χ1) is 13.7. The van der Waals surface area contributed by atoms with Gasteiger partial charge in [-0.3, -0.25) is 0 Å². The van der Waals surface area contributed by atoms with Gasteiger partial charge in [0.2, 0.25) is 0 Å². The molecular formula is C18H16ClF5N4O. The number of nitrogens with two attached hydrogens (primary N) is 1. The van der Waals surface area contributed by atoms with Crippen LogP contribution >= 0.6 is 11.6 Å². The Morgan fingerprint density at radius 1 is 1.28 bits per heavy atom. The Morgan fingerprint density at radius 2 is 2.03 bits per heavy atom. The molecule has 0 bridgehead atoms. The van der Waals surface area contributed by atoms with Crippen LogP contribution in [0.4, 0.5) is 22.0 Å². The van der Waals surface area contributed by atoms with Crippen LogP contribution in [0.1, 0.15) is 29.8 Å². The highest BCUT2D eigenvalue weighted by Crippen LogP contribution is 2.56. The van der Waals surface area contributed by atoms with Crippen molar-refractivity contribution in [1.29, 1.82) is 0 Å². The summed E-state index contributed by atoms with van der Waals surface area (Å²) < 4.78 is 73.9. The van der Waals surface area contributed by atoms with Crippen LogP contribution in [0.5, 0.6) is 0 Å². The van der Waals surface area contributed by atoms with Crippen LogP contribution < -0.4 is 5.73 Å². The topological polar surface area (TPSA) is 65.4 Å². The van der Waals surface area contributed by atoms with Crippen LogP contribution in [0, 0.1) is 11.7 Å². The fourth-order valence-electron chi connectivity index (χ4n) is 3.77. The van der Waals surface area contributed by atoms with Gasteiger partial charge in [0.15, 0.2) is 5.54 Å². The van der Waals surface area contributed by atoms with E-state index in [1.54, 1.807) is 0 Å². The number of aryl methyl sites for hydroxylation is 2. The SMILES string of the molecule is NC1=N[C@@](c2cc(CCc3nn(C(F)F)cc3Cl)ccc2F)(C(F)F)[C@H]2C[C@H]2O1. The van der Waals surface area contributed by atoms with Crippen molar-refractivity contribution in [3.05, 3.63) is 52.1 Å². The number of aliphatic imine (C=N–C) groups is 1. The van der Waals surface area contributed by atoms with Crippen LogP contribution in [0.25, 0.3) is 0 Å². The molecule has 2 heterocycles. The standard InChI is InChI=1S/C18H16ClF5N4O/c19-11-7-28(16(23)24)27-13(11)4-2-8-1-3-12(20)9(5-8)18(15(21)22)10-6-14(10)29-17(25)26-18/h1,3,5,7,10,14-16H,2,4,6H2,(H2,25,26)/t10-,14+,18+/m0/s1. The fourth-order valence-corrected chi connectivity index (χ4v) is 4.01. The Labute approximate surface area is 167 Å². The second-order valence-electron chi connectivity index (χ2n) is 7.07. The van der Waals surface area contributed by atoms with Gasteiger partial charge in [0.25, 0.3) is 12.4 Å². The molecule has 0 amide bonds. The third-order valence-electron chi connectivity index (χ3n) is 5.27. The number of fused-ring (bicyclic) bond motifs is 1. The van der Waals surface area contributed by atoms with Gasteiger partial charge in [-0.2, -0.15) is 13.9 Å². The molecule has 2 aliphatic rings. The minimum atomic E-state index is -2.99. The Morgan fingerprint density at radius 3 is 2.69 bits per heavy atom. The van der Waals surface area contributed by atoms with Gasteiger partial charge in [0, 0.05) is 17.7 Å². The number of aromatic nitrogens is 2. The average molecular weight is 435 g/mol. The van der Waals surface area contributed by atoms with Crippen LogP contribution in [0.2, 0.25) is 5.02 Å². The molecule has 0 saturated heterocycles. The summed E-state index contributed by atoms with van der Waals surface area (Å²) in [6, 6.07) is 3.45. The van der Waals surface area contributed by atoms with E-state index < -0.39 is 42.4 Å². The number of nitrogens with zero attached hydrogens (tertiary/aromatic N) is 3. The van der Waals surface area contributed by atoms with Crippen molar-refractivity contribution >= 4 is 17.6 Å². The number of amidine groups is 1. The smallest absolute Gasteiger partial charge is 0.333 e. The van der Waals surface area contributed by atoms with E-state index in [1.165, 1.54) is 12.1 Å². The molecule has 2 aromatic rings. The highest BCUT2D eigenvalue weighted by molar-refractivity contribution is 6.31. The molecule has 0 unspecified atom stereocenters. The number of alkyl halides is 4. The normalized spacial score (nSPS) is 25.7. The first kappa shape index (κ1) is 19.9. The maximum atomic E-state index is 14.6. The van der Waals surface area contributed by atoms with E-state index >= 15 is 0 Å². The summed E-state index contributed by atoms with van der Waals surface area (Å²) in [5.74, 6) is -1.49. The molecule has 0 spiro atoms. The first-order valence-electron chi connectivity index (χ1n) is 8.83. The van der Waals surface area contributed by atoms with Gasteiger partial charge in [0.05, 0.1) is 10.7 Å². The maximum Gasteiger partial charge on any atom is 0.333 e. The lowest BCUT2D eigenvalue weighted by molar-refractivity contribution is 0.0176. The average Bonchev–Trinajstić information content (AvgIpc) is 3.34. The zero-order valence-corrected chi connectivity index (χ0v) is 15.6. The van der Waals surface area contributed by atoms with E-state index in [4.69, 9.17) is 22.1 Å². The molecule has 2 N–H and O–H groups in total. The van der Waals surface area contributed by atoms with Gasteiger partial charge in [-0.15, -0.1) is 0 Å². The summed E-state index contributed by atoms with van der Waals surface area (Å²) in [4.78, 5) is 3.83. The van der Waals surface area contributed by atoms with Crippen molar-refractivity contribution < 1.29 is 26.7 Å². The highest BCUT2D eigenvalue weighted by atomic mass is 35.5. The Hall–Kier alpha value is -2.36. The molecule has 29 heavy (non-hydrogen) atoms. The lowest BCUT2D eigenvalue weighted by Crippen LogP contribution is -2.43. The molecule has 3 atom stereocenters. The lowest BCUT2D eigenvalue weighted by Gasteiger charge is -2.33. The van der Waals surface area contributed by atoms with Crippen LogP contribution in [-0.2, 0) is 23.1 Å². The Kier molecular flexibility index (Phi) is 4.92. The van der Waals surface area contributed by atoms with Crippen molar-refractivity contribution in [2.45, 2.75) is 43.9 Å². The first-order valence-corrected chi connectivity index (χ1v) is 9.21. The van der Waals surface area contributed by atoms with E-state index in [9.17, 15) is 22.0 Å². The number of benzene rings is 1. The van der Waals surface area contributed by atoms with Crippen molar-refractivity contribution in [1.82, 2.24) is 9.78 Å². The molecule has 1 aromatic heterocycles. The largest absolute Gasteiger partial charge is 0.462 e. The third kappa shape index (κ3) is 3.43. The molecule has 0 radical (unpaired) electrons. The Bertz CT molecular complexity index is 966. The summed E-state index contributed by atoms with van der Waals surface area (Å²) in [5.41, 5.74) is 3.94. The van der Waals surface area contributed by atoms with Gasteiger partial charge in [-0.25, -0.2) is 22.8 Å². The second kappa shape index (κ2) is 7.16. The predicted octanol–water partition coefficient (Wildman–Crippen LogP) is 4.05. The van der Waals surface area contributed by atoms with Gasteiger partial charge in [0.1, 0.15) is 11.9 Å². The van der Waals surface area contributed by atoms with Gasteiger partial charge in [-0.1, -0.05) is 23.7 Å². The summed E-state index contributed by atoms with van der Waals surface area (Å²) in [6.45, 7) is -2.83. The fraction of sp³-hybridized carbons (Fsp3) is 0.444. The molecule has 1 saturated carbocycles. The predicted molar refractivity (Wildman–Crippen MR) is 94.6 cm³/mol. The van der Waals surface area contributed by atoms with E-state index in [0.717, 1.165) is 12.3 Å². The molecule has 4 rings (SSSR count). The van der Waals surface area contributed by atoms with Gasteiger partial charge >= 0.3 is 6.55 Å². The zero-order chi connectivity index (χ0) is 20.9. The van der Waals surface area contributed by atoms with Crippen molar-refractivity contribution in [2.24, 2.45) is 16.6 Å². The molecule has 11 heteroatoms. The Balaban J connectivity index is 1.64. The van der Waals surface area contributed by atoms with E-state index in [0.29, 0.717) is 16.7 Å². The number of hydrogen-bond donors (Lipinski definition) is 1. The van der Waals surface area contributed by atoms with Gasteiger partial charge in [-0.05, 0) is 30.9 Å². The third-order valence-corrected chi connectivity index (χ3v) is 5.58. The second-order valence-corrected chi connectivity index (χ2v) is 7.48. The molecular weight excluding hydrogens is 419 g/mol. The zero-order valence-electron chi connectivity index (χ0n) is 14.8. The molecule has 156 valence electrons. The minimum absolute atomic E-state index is 0.0688. The van der Waals surface area contributed by atoms with Crippen LogP contribution in [0.3, 0.4) is 0 Å². The summed E-state index contributed by atoms with van der Waals surface area (Å²) in [5, 5.41) is 3.78. The van der Waals surface area contributed by atoms with E-state index in [1.807, 2.05) is 0 Å². The maximum absolute atomic E-state index is 14.6. The molecule has 1 aliphatic heterocycles. The monoisotopic (exact) mass is 434 g/mol. The minimum Gasteiger partial charge on any atom is -0.462 e. The van der Waals surface area contributed by atoms with Crippen molar-refractivity contribution in [3.8, 4) is 0 Å². The molecule has 1 aliphatic carbocycles. The summed E-state index contributed by atoms with van der Waals surface area (Å²) in [7, 11) is 0. The van der Waals surface area contributed by atoms with E-state index in [-0.39, 0.29) is 29.1 Å². The molecule has 1 fully saturated rings. The summed E-state index contributed by atoms with van der Waals surface area (Å²) in [6.07, 6.45) is -1.78. The number of rotatable bonds is 6. The summed E-state index contributed by atoms with van der Waals surface area (Å²) >= 11 is 5.92. The lowest BCUT2D eigenvalue weighted by atomic mass is 9.83.